The number of carbonyl (C=O) groups excluding carboxylic acids is 1. The summed E-state index contributed by atoms with van der Waals surface area (Å²) in [5, 5.41) is 3.20. The van der Waals surface area contributed by atoms with Gasteiger partial charge in [0.1, 0.15) is 11.3 Å². The highest BCUT2D eigenvalue weighted by atomic mass is 19.3. The number of rotatable bonds is 3. The van der Waals surface area contributed by atoms with Crippen LogP contribution in [0.5, 0.6) is 0 Å². The van der Waals surface area contributed by atoms with Crippen LogP contribution in [-0.4, -0.2) is 22.4 Å². The van der Waals surface area contributed by atoms with Gasteiger partial charge in [0.15, 0.2) is 0 Å². The Bertz CT molecular complexity index is 376. The first-order valence-electron chi connectivity index (χ1n) is 4.16. The van der Waals surface area contributed by atoms with Crippen molar-refractivity contribution in [3.63, 3.8) is 0 Å². The van der Waals surface area contributed by atoms with Gasteiger partial charge in [-0.2, -0.15) is 9.49 Å². The fourth-order valence-corrected chi connectivity index (χ4v) is 1.07. The van der Waals surface area contributed by atoms with Gasteiger partial charge < -0.3 is 4.74 Å². The monoisotopic (exact) mass is 222 g/mol. The number of aromatic nitrogens is 2. The zero-order chi connectivity index (χ0) is 11.6. The minimum atomic E-state index is -3.01. The van der Waals surface area contributed by atoms with Crippen LogP contribution in [0.4, 0.5) is 13.2 Å². The van der Waals surface area contributed by atoms with E-state index in [0.29, 0.717) is 4.68 Å². The van der Waals surface area contributed by atoms with Gasteiger partial charge in [0.05, 0.1) is 6.61 Å². The van der Waals surface area contributed by atoms with E-state index in [1.54, 1.807) is 0 Å². The maximum Gasteiger partial charge on any atom is 0.344 e. The summed E-state index contributed by atoms with van der Waals surface area (Å²) in [5.41, 5.74) is -1.69. The van der Waals surface area contributed by atoms with Crippen molar-refractivity contribution in [2.75, 3.05) is 6.61 Å². The molecule has 1 rings (SSSR count). The van der Waals surface area contributed by atoms with Crippen LogP contribution in [0.1, 0.15) is 29.4 Å². The predicted molar refractivity (Wildman–Crippen MR) is 44.1 cm³/mol. The van der Waals surface area contributed by atoms with Gasteiger partial charge in [-0.25, -0.2) is 18.3 Å². The molecule has 0 aromatic carbocycles. The van der Waals surface area contributed by atoms with E-state index in [4.69, 9.17) is 0 Å². The Kier molecular flexibility index (Phi) is 3.33. The minimum absolute atomic E-state index is 0.0180. The Morgan fingerprint density at radius 2 is 2.20 bits per heavy atom. The molecular formula is C8H9F3N2O2. The second-order valence-corrected chi connectivity index (χ2v) is 2.70. The van der Waals surface area contributed by atoms with Gasteiger partial charge in [-0.3, -0.25) is 0 Å². The number of alkyl halides is 2. The minimum Gasteiger partial charge on any atom is -0.462 e. The summed E-state index contributed by atoms with van der Waals surface area (Å²) in [4.78, 5) is 11.2. The highest BCUT2D eigenvalue weighted by Gasteiger charge is 2.29. The molecule has 15 heavy (non-hydrogen) atoms. The number of halogens is 3. The molecule has 0 amide bonds. The van der Waals surface area contributed by atoms with Crippen molar-refractivity contribution >= 4 is 5.97 Å². The predicted octanol–water partition coefficient (Wildman–Crippen LogP) is 1.67. The van der Waals surface area contributed by atoms with Gasteiger partial charge in [0.2, 0.25) is 5.95 Å². The van der Waals surface area contributed by atoms with Gasteiger partial charge in [-0.1, -0.05) is 0 Å². The number of aryl methyl sites for hydroxylation is 1. The molecule has 4 nitrogen and oxygen atoms in total. The molecule has 0 saturated carbocycles. The smallest absolute Gasteiger partial charge is 0.344 e. The quantitative estimate of drug-likeness (QED) is 0.731. The van der Waals surface area contributed by atoms with E-state index in [1.165, 1.54) is 6.92 Å². The van der Waals surface area contributed by atoms with Crippen LogP contribution in [0.3, 0.4) is 0 Å². The maximum atomic E-state index is 13.2. The van der Waals surface area contributed by atoms with E-state index in [-0.39, 0.29) is 6.61 Å². The molecule has 0 radical (unpaired) electrons. The average molecular weight is 222 g/mol. The molecule has 0 saturated heterocycles. The molecule has 1 aromatic rings. The number of nitrogens with zero attached hydrogens (tertiary/aromatic N) is 2. The molecule has 1 aromatic heterocycles. The third kappa shape index (κ3) is 2.11. The summed E-state index contributed by atoms with van der Waals surface area (Å²) in [5.74, 6) is -2.25. The first-order chi connectivity index (χ1) is 6.99. The van der Waals surface area contributed by atoms with Gasteiger partial charge in [0.25, 0.3) is 6.43 Å². The second-order valence-electron chi connectivity index (χ2n) is 2.70. The molecule has 0 N–H and O–H groups in total. The van der Waals surface area contributed by atoms with Crippen LogP contribution in [0.25, 0.3) is 0 Å². The van der Waals surface area contributed by atoms with Crippen LogP contribution >= 0.6 is 0 Å². The van der Waals surface area contributed by atoms with Gasteiger partial charge in [-0.05, 0) is 6.92 Å². The summed E-state index contributed by atoms with van der Waals surface area (Å²) >= 11 is 0. The SMILES string of the molecule is CCOC(=O)c1c(C(F)F)nn(C)c1F. The Labute approximate surface area is 83.6 Å². The zero-order valence-corrected chi connectivity index (χ0v) is 8.13. The number of ether oxygens (including phenoxy) is 1. The Balaban J connectivity index is 3.19. The Morgan fingerprint density at radius 1 is 1.60 bits per heavy atom. The summed E-state index contributed by atoms with van der Waals surface area (Å²) in [6.07, 6.45) is -3.01. The summed E-state index contributed by atoms with van der Waals surface area (Å²) in [6.45, 7) is 1.48. The van der Waals surface area contributed by atoms with E-state index in [9.17, 15) is 18.0 Å². The Morgan fingerprint density at radius 3 is 2.67 bits per heavy atom. The fraction of sp³-hybridized carbons (Fsp3) is 0.500. The normalized spacial score (nSPS) is 10.8. The first-order valence-corrected chi connectivity index (χ1v) is 4.16. The number of esters is 1. The van der Waals surface area contributed by atoms with Gasteiger partial charge in [0, 0.05) is 7.05 Å². The van der Waals surface area contributed by atoms with Crippen molar-refractivity contribution in [2.45, 2.75) is 13.3 Å². The molecule has 0 spiro atoms. The third-order valence-corrected chi connectivity index (χ3v) is 1.69. The fourth-order valence-electron chi connectivity index (χ4n) is 1.07. The number of carbonyl (C=O) groups is 1. The third-order valence-electron chi connectivity index (χ3n) is 1.69. The van der Waals surface area contributed by atoms with Crippen molar-refractivity contribution in [2.24, 2.45) is 7.05 Å². The molecule has 0 aliphatic heterocycles. The van der Waals surface area contributed by atoms with Crippen molar-refractivity contribution in [1.82, 2.24) is 9.78 Å². The lowest BCUT2D eigenvalue weighted by atomic mass is 10.2. The van der Waals surface area contributed by atoms with Crippen molar-refractivity contribution in [3.8, 4) is 0 Å². The van der Waals surface area contributed by atoms with Crippen molar-refractivity contribution in [3.05, 3.63) is 17.2 Å². The van der Waals surface area contributed by atoms with Crippen molar-refractivity contribution in [1.29, 1.82) is 0 Å². The molecular weight excluding hydrogens is 213 g/mol. The summed E-state index contributed by atoms with van der Waals surface area (Å²) in [6, 6.07) is 0. The van der Waals surface area contributed by atoms with E-state index >= 15 is 0 Å². The number of hydrogen-bond donors (Lipinski definition) is 0. The van der Waals surface area contributed by atoms with E-state index in [0.717, 1.165) is 7.05 Å². The maximum absolute atomic E-state index is 13.2. The highest BCUT2D eigenvalue weighted by molar-refractivity contribution is 5.90. The molecule has 7 heteroatoms. The van der Waals surface area contributed by atoms with Crippen LogP contribution in [0.15, 0.2) is 0 Å². The molecule has 0 atom stereocenters. The first kappa shape index (κ1) is 11.5. The lowest BCUT2D eigenvalue weighted by Gasteiger charge is -2.00. The van der Waals surface area contributed by atoms with Crippen LogP contribution < -0.4 is 0 Å². The largest absolute Gasteiger partial charge is 0.462 e. The highest BCUT2D eigenvalue weighted by Crippen LogP contribution is 2.24. The zero-order valence-electron chi connectivity index (χ0n) is 8.13. The molecule has 84 valence electrons. The van der Waals surface area contributed by atoms with E-state index in [1.807, 2.05) is 0 Å². The van der Waals surface area contributed by atoms with Crippen LogP contribution in [0.2, 0.25) is 0 Å². The molecule has 0 fully saturated rings. The van der Waals surface area contributed by atoms with Gasteiger partial charge in [-0.15, -0.1) is 0 Å². The summed E-state index contributed by atoms with van der Waals surface area (Å²) < 4.78 is 43.0. The van der Waals surface area contributed by atoms with E-state index < -0.39 is 29.6 Å². The molecule has 0 unspecified atom stereocenters. The topological polar surface area (TPSA) is 44.1 Å². The molecule has 1 heterocycles. The lowest BCUT2D eigenvalue weighted by Crippen LogP contribution is -2.09. The van der Waals surface area contributed by atoms with E-state index in [2.05, 4.69) is 9.84 Å². The average Bonchev–Trinajstić information content (AvgIpc) is 2.44. The van der Waals surface area contributed by atoms with Crippen molar-refractivity contribution < 1.29 is 22.7 Å². The molecule has 0 bridgehead atoms. The molecule has 0 aliphatic carbocycles. The molecule has 0 aliphatic rings. The Hall–Kier alpha value is -1.53. The standard InChI is InChI=1S/C8H9F3N2O2/c1-3-15-8(14)4-5(6(9)10)12-13(2)7(4)11/h6H,3H2,1-2H3. The van der Waals surface area contributed by atoms with Crippen LogP contribution in [-0.2, 0) is 11.8 Å². The lowest BCUT2D eigenvalue weighted by molar-refractivity contribution is 0.0509. The van der Waals surface area contributed by atoms with Crippen LogP contribution in [0, 0.1) is 5.95 Å². The number of hydrogen-bond acceptors (Lipinski definition) is 3. The second kappa shape index (κ2) is 4.33. The van der Waals surface area contributed by atoms with Gasteiger partial charge >= 0.3 is 5.97 Å². The summed E-state index contributed by atoms with van der Waals surface area (Å²) in [7, 11) is 1.13.